The summed E-state index contributed by atoms with van der Waals surface area (Å²) in [6.45, 7) is 0.209. The maximum absolute atomic E-state index is 13.7. The molecule has 1 fully saturated rings. The number of fused-ring (bicyclic) bond motifs is 1. The number of nitrogens with one attached hydrogen (secondary N) is 2. The summed E-state index contributed by atoms with van der Waals surface area (Å²) in [6.07, 6.45) is 0.415. The molecule has 2 aliphatic heterocycles. The van der Waals surface area contributed by atoms with Gasteiger partial charge < -0.3 is 4.90 Å². The van der Waals surface area contributed by atoms with E-state index in [1.807, 2.05) is 0 Å². The molecule has 2 N–H and O–H groups in total. The summed E-state index contributed by atoms with van der Waals surface area (Å²) >= 11 is 0. The second-order valence-electron chi connectivity index (χ2n) is 7.53. The molecule has 1 unspecified atom stereocenters. The number of halogens is 1. The van der Waals surface area contributed by atoms with Crippen molar-refractivity contribution in [2.75, 3.05) is 10.5 Å². The van der Waals surface area contributed by atoms with Gasteiger partial charge in [0.25, 0.3) is 5.91 Å². The van der Waals surface area contributed by atoms with Crippen LogP contribution in [0.4, 0.5) is 10.1 Å². The molecule has 31 heavy (non-hydrogen) atoms. The van der Waals surface area contributed by atoms with E-state index in [1.165, 1.54) is 29.2 Å². The van der Waals surface area contributed by atoms with Crippen molar-refractivity contribution in [3.05, 3.63) is 65.0 Å². The van der Waals surface area contributed by atoms with Crippen molar-refractivity contribution in [1.29, 1.82) is 0 Å². The van der Waals surface area contributed by atoms with E-state index < -0.39 is 33.7 Å². The first-order valence-corrected chi connectivity index (χ1v) is 11.4. The highest BCUT2D eigenvalue weighted by Crippen LogP contribution is 2.29. The third kappa shape index (κ3) is 4.43. The van der Waals surface area contributed by atoms with Crippen LogP contribution in [-0.2, 0) is 32.6 Å². The van der Waals surface area contributed by atoms with Crippen LogP contribution in [0.5, 0.6) is 0 Å². The first-order chi connectivity index (χ1) is 14.7. The number of anilines is 1. The Morgan fingerprint density at radius 2 is 1.90 bits per heavy atom. The first kappa shape index (κ1) is 21.0. The van der Waals surface area contributed by atoms with Gasteiger partial charge in [0, 0.05) is 24.2 Å². The van der Waals surface area contributed by atoms with Gasteiger partial charge in [0.15, 0.2) is 0 Å². The molecular formula is C21H20FN3O5S. The molecule has 0 aliphatic carbocycles. The summed E-state index contributed by atoms with van der Waals surface area (Å²) in [5.74, 6) is -2.04. The Morgan fingerprint density at radius 1 is 1.13 bits per heavy atom. The van der Waals surface area contributed by atoms with Gasteiger partial charge in [-0.3, -0.25) is 24.4 Å². The fourth-order valence-corrected chi connectivity index (χ4v) is 4.87. The zero-order chi connectivity index (χ0) is 22.2. The summed E-state index contributed by atoms with van der Waals surface area (Å²) in [5, 5.41) is 2.24. The lowest BCUT2D eigenvalue weighted by molar-refractivity contribution is -0.136. The van der Waals surface area contributed by atoms with Crippen molar-refractivity contribution in [3.8, 4) is 0 Å². The average Bonchev–Trinajstić information content (AvgIpc) is 3.03. The Kier molecular flexibility index (Phi) is 5.48. The predicted molar refractivity (Wildman–Crippen MR) is 110 cm³/mol. The van der Waals surface area contributed by atoms with Crippen molar-refractivity contribution in [3.63, 3.8) is 0 Å². The van der Waals surface area contributed by atoms with E-state index >= 15 is 0 Å². The number of rotatable bonds is 6. The number of carbonyl (C=O) groups excluding carboxylic acids is 3. The van der Waals surface area contributed by atoms with E-state index in [-0.39, 0.29) is 43.2 Å². The molecule has 2 aromatic carbocycles. The third-order valence-electron chi connectivity index (χ3n) is 5.40. The summed E-state index contributed by atoms with van der Waals surface area (Å²) < 4.78 is 41.0. The number of sulfonamides is 1. The predicted octanol–water partition coefficient (Wildman–Crippen LogP) is 1.57. The molecule has 2 aromatic rings. The van der Waals surface area contributed by atoms with Crippen molar-refractivity contribution >= 4 is 33.4 Å². The molecule has 162 valence electrons. The summed E-state index contributed by atoms with van der Waals surface area (Å²) in [6, 6.07) is 9.85. The molecule has 10 heteroatoms. The van der Waals surface area contributed by atoms with Crippen LogP contribution < -0.4 is 10.0 Å². The van der Waals surface area contributed by atoms with Crippen molar-refractivity contribution < 1.29 is 27.2 Å². The summed E-state index contributed by atoms with van der Waals surface area (Å²) in [7, 11) is -3.78. The Bertz CT molecular complexity index is 1180. The minimum atomic E-state index is -3.78. The largest absolute Gasteiger partial charge is 0.322 e. The van der Waals surface area contributed by atoms with Gasteiger partial charge in [-0.2, -0.15) is 0 Å². The van der Waals surface area contributed by atoms with E-state index in [1.54, 1.807) is 18.2 Å². The molecule has 1 saturated heterocycles. The molecule has 2 aliphatic rings. The lowest BCUT2D eigenvalue weighted by atomic mass is 10.0. The minimum absolute atomic E-state index is 0.00909. The van der Waals surface area contributed by atoms with Gasteiger partial charge >= 0.3 is 0 Å². The molecule has 2 heterocycles. The molecule has 0 spiro atoms. The number of hydrogen-bond acceptors (Lipinski definition) is 5. The van der Waals surface area contributed by atoms with E-state index in [0.29, 0.717) is 16.7 Å². The minimum Gasteiger partial charge on any atom is -0.322 e. The zero-order valence-electron chi connectivity index (χ0n) is 16.4. The van der Waals surface area contributed by atoms with Gasteiger partial charge in [-0.15, -0.1) is 0 Å². The maximum atomic E-state index is 13.7. The molecule has 0 radical (unpaired) electrons. The zero-order valence-corrected chi connectivity index (χ0v) is 17.2. The monoisotopic (exact) mass is 445 g/mol. The van der Waals surface area contributed by atoms with Gasteiger partial charge in [-0.25, -0.2) is 12.8 Å². The highest BCUT2D eigenvalue weighted by Gasteiger charge is 2.39. The van der Waals surface area contributed by atoms with Gasteiger partial charge in [-0.1, -0.05) is 24.3 Å². The quantitative estimate of drug-likeness (QED) is 0.656. The van der Waals surface area contributed by atoms with Crippen LogP contribution in [-0.4, -0.2) is 42.8 Å². The van der Waals surface area contributed by atoms with Crippen molar-refractivity contribution in [1.82, 2.24) is 10.2 Å². The van der Waals surface area contributed by atoms with Crippen LogP contribution in [0.2, 0.25) is 0 Å². The van der Waals surface area contributed by atoms with Crippen LogP contribution in [0.3, 0.4) is 0 Å². The van der Waals surface area contributed by atoms with E-state index in [2.05, 4.69) is 10.0 Å². The van der Waals surface area contributed by atoms with Crippen LogP contribution in [0.1, 0.15) is 34.3 Å². The molecular weight excluding hydrogens is 425 g/mol. The van der Waals surface area contributed by atoms with E-state index in [9.17, 15) is 27.2 Å². The maximum Gasteiger partial charge on any atom is 0.255 e. The highest BCUT2D eigenvalue weighted by atomic mass is 32.2. The number of amides is 3. The highest BCUT2D eigenvalue weighted by molar-refractivity contribution is 7.92. The Balaban J connectivity index is 1.45. The number of aryl methyl sites for hydroxylation is 1. The Hall–Kier alpha value is -3.27. The van der Waals surface area contributed by atoms with Crippen molar-refractivity contribution in [2.45, 2.75) is 31.8 Å². The van der Waals surface area contributed by atoms with Crippen LogP contribution in [0.25, 0.3) is 0 Å². The summed E-state index contributed by atoms with van der Waals surface area (Å²) in [5.41, 5.74) is 1.49. The number of nitrogens with zero attached hydrogens (tertiary/aromatic N) is 1. The Morgan fingerprint density at radius 3 is 2.65 bits per heavy atom. The van der Waals surface area contributed by atoms with Gasteiger partial charge in [-0.05, 0) is 42.2 Å². The molecule has 3 amide bonds. The lowest BCUT2D eigenvalue weighted by Crippen LogP contribution is -2.52. The fraction of sp³-hybridized carbons (Fsp3) is 0.286. The Labute approximate surface area is 178 Å². The molecule has 4 rings (SSSR count). The SMILES string of the molecule is O=C1CCC(N2Cc3ccc(NS(=O)(=O)CCc4ccccc4F)cc3C2=O)C(=O)N1. The number of carbonyl (C=O) groups is 3. The van der Waals surface area contributed by atoms with Gasteiger partial charge in [0.05, 0.1) is 5.75 Å². The van der Waals surface area contributed by atoms with Crippen molar-refractivity contribution in [2.24, 2.45) is 0 Å². The molecule has 8 nitrogen and oxygen atoms in total. The number of benzene rings is 2. The standard InChI is InChI=1S/C21H20FN3O5S/c22-17-4-2-1-3-13(17)9-10-31(29,30)24-15-6-5-14-12-25(21(28)16(14)11-15)18-7-8-19(26)23-20(18)27/h1-6,11,18,24H,7-10,12H2,(H,23,26,27). The normalized spacial score (nSPS) is 18.7. The number of hydrogen-bond donors (Lipinski definition) is 2. The number of imide groups is 1. The van der Waals surface area contributed by atoms with E-state index in [4.69, 9.17) is 0 Å². The van der Waals surface area contributed by atoms with Crippen LogP contribution in [0.15, 0.2) is 42.5 Å². The molecule has 1 atom stereocenters. The van der Waals surface area contributed by atoms with Gasteiger partial charge in [0.2, 0.25) is 21.8 Å². The summed E-state index contributed by atoms with van der Waals surface area (Å²) in [4.78, 5) is 37.7. The second kappa shape index (κ2) is 8.10. The molecule has 0 bridgehead atoms. The smallest absolute Gasteiger partial charge is 0.255 e. The van der Waals surface area contributed by atoms with Crippen LogP contribution in [0, 0.1) is 5.82 Å². The van der Waals surface area contributed by atoms with Gasteiger partial charge in [0.1, 0.15) is 11.9 Å². The average molecular weight is 445 g/mol. The van der Waals surface area contributed by atoms with Crippen LogP contribution >= 0.6 is 0 Å². The van der Waals surface area contributed by atoms with E-state index in [0.717, 1.165) is 0 Å². The fourth-order valence-electron chi connectivity index (χ4n) is 3.79. The third-order valence-corrected chi connectivity index (χ3v) is 6.69. The molecule has 0 saturated carbocycles. The first-order valence-electron chi connectivity index (χ1n) is 9.75. The lowest BCUT2D eigenvalue weighted by Gasteiger charge is -2.29. The molecule has 0 aromatic heterocycles. The number of piperidine rings is 1. The second-order valence-corrected chi connectivity index (χ2v) is 9.38. The topological polar surface area (TPSA) is 113 Å².